The summed E-state index contributed by atoms with van der Waals surface area (Å²) in [6.45, 7) is 2.24. The largest absolute Gasteiger partial charge is 0.382 e. The Balaban J connectivity index is 2.24. The molecule has 0 aliphatic rings. The van der Waals surface area contributed by atoms with Crippen molar-refractivity contribution in [2.24, 2.45) is 0 Å². The van der Waals surface area contributed by atoms with Crippen LogP contribution < -0.4 is 5.32 Å². The maximum absolute atomic E-state index is 12.3. The number of benzene rings is 1. The number of nitrogens with zero attached hydrogens (tertiary/aromatic N) is 1. The topological polar surface area (TPSA) is 77.9 Å². The fraction of sp³-hybridized carbons (Fsp3) is 0.250. The highest BCUT2D eigenvalue weighted by molar-refractivity contribution is 5.93. The molecule has 0 aliphatic carbocycles. The van der Waals surface area contributed by atoms with Gasteiger partial charge in [0.25, 0.3) is 5.91 Å². The maximum Gasteiger partial charge on any atom is 0.268 e. The summed E-state index contributed by atoms with van der Waals surface area (Å²) in [6, 6.07) is 13.1. The predicted molar refractivity (Wildman–Crippen MR) is 78.6 cm³/mol. The third-order valence-electron chi connectivity index (χ3n) is 3.29. The van der Waals surface area contributed by atoms with E-state index in [0.717, 1.165) is 5.56 Å². The molecule has 0 bridgehead atoms. The molecule has 1 aromatic carbocycles. The Hall–Kier alpha value is -2.58. The number of aromatic amines is 1. The molecular weight excluding hydrogens is 266 g/mol. The van der Waals surface area contributed by atoms with Gasteiger partial charge in [-0.05, 0) is 18.6 Å². The van der Waals surface area contributed by atoms with Gasteiger partial charge in [0.05, 0.1) is 17.7 Å². The molecule has 0 radical (unpaired) electrons. The van der Waals surface area contributed by atoms with Crippen LogP contribution in [-0.4, -0.2) is 24.6 Å². The highest BCUT2D eigenvalue weighted by Crippen LogP contribution is 2.21. The fourth-order valence-electron chi connectivity index (χ4n) is 2.19. The number of amides is 1. The van der Waals surface area contributed by atoms with Gasteiger partial charge in [-0.15, -0.1) is 0 Å². The van der Waals surface area contributed by atoms with E-state index in [4.69, 9.17) is 10.00 Å². The molecule has 21 heavy (non-hydrogen) atoms. The van der Waals surface area contributed by atoms with Crippen LogP contribution in [0.3, 0.4) is 0 Å². The van der Waals surface area contributed by atoms with Crippen molar-refractivity contribution < 1.29 is 9.53 Å². The first kappa shape index (κ1) is 14.8. The van der Waals surface area contributed by atoms with Crippen molar-refractivity contribution in [3.63, 3.8) is 0 Å². The van der Waals surface area contributed by atoms with Crippen LogP contribution in [0.15, 0.2) is 42.6 Å². The van der Waals surface area contributed by atoms with Crippen LogP contribution in [0.2, 0.25) is 0 Å². The number of rotatable bonds is 5. The molecule has 1 atom stereocenters. The number of nitrogens with one attached hydrogen (secondary N) is 2. The second kappa shape index (κ2) is 6.25. The summed E-state index contributed by atoms with van der Waals surface area (Å²) in [7, 11) is 1.59. The molecule has 0 aliphatic heterocycles. The molecule has 1 aromatic heterocycles. The summed E-state index contributed by atoms with van der Waals surface area (Å²) in [5.41, 5.74) is 1.08. The minimum Gasteiger partial charge on any atom is -0.382 e. The number of hydrogen-bond donors (Lipinski definition) is 2. The van der Waals surface area contributed by atoms with Crippen LogP contribution in [0, 0.1) is 11.3 Å². The van der Waals surface area contributed by atoms with Gasteiger partial charge in [0.2, 0.25) is 0 Å². The SMILES string of the molecule is COC[C@](C)(NC(=O)c1cc(C#N)c[nH]1)c1ccccc1. The van der Waals surface area contributed by atoms with Gasteiger partial charge in [-0.3, -0.25) is 4.79 Å². The lowest BCUT2D eigenvalue weighted by Gasteiger charge is -2.30. The van der Waals surface area contributed by atoms with Crippen LogP contribution in [0.5, 0.6) is 0 Å². The summed E-state index contributed by atoms with van der Waals surface area (Å²) in [6.07, 6.45) is 1.51. The Bertz CT molecular complexity index is 658. The Kier molecular flexibility index (Phi) is 4.41. The standard InChI is InChI=1S/C16H17N3O2/c1-16(11-21-2,13-6-4-3-5-7-13)19-15(20)14-8-12(9-17)10-18-14/h3-8,10,18H,11H2,1-2H3,(H,19,20)/t16-/m0/s1. The molecule has 5 heteroatoms. The smallest absolute Gasteiger partial charge is 0.268 e. The molecule has 0 saturated carbocycles. The summed E-state index contributed by atoms with van der Waals surface area (Å²) in [5, 5.41) is 11.8. The molecule has 0 unspecified atom stereocenters. The van der Waals surface area contributed by atoms with Gasteiger partial charge in [0.15, 0.2) is 0 Å². The van der Waals surface area contributed by atoms with Crippen molar-refractivity contribution in [2.75, 3.05) is 13.7 Å². The second-order valence-electron chi connectivity index (χ2n) is 5.00. The average Bonchev–Trinajstić information content (AvgIpc) is 2.97. The zero-order valence-electron chi connectivity index (χ0n) is 12.0. The van der Waals surface area contributed by atoms with E-state index in [2.05, 4.69) is 10.3 Å². The Morgan fingerprint density at radius 1 is 1.43 bits per heavy atom. The number of carbonyl (C=O) groups is 1. The molecule has 2 rings (SSSR count). The van der Waals surface area contributed by atoms with Crippen molar-refractivity contribution in [3.8, 4) is 6.07 Å². The quantitative estimate of drug-likeness (QED) is 0.882. The van der Waals surface area contributed by atoms with Crippen LogP contribution in [-0.2, 0) is 10.3 Å². The number of ether oxygens (including phenoxy) is 1. The van der Waals surface area contributed by atoms with E-state index in [1.807, 2.05) is 43.3 Å². The molecule has 0 saturated heterocycles. The summed E-state index contributed by atoms with van der Waals surface area (Å²) < 4.78 is 5.25. The normalized spacial score (nSPS) is 13.2. The van der Waals surface area contributed by atoms with Crippen LogP contribution in [0.4, 0.5) is 0 Å². The van der Waals surface area contributed by atoms with E-state index >= 15 is 0 Å². The summed E-state index contributed by atoms with van der Waals surface area (Å²) in [4.78, 5) is 15.1. The minimum atomic E-state index is -0.648. The van der Waals surface area contributed by atoms with Crippen molar-refractivity contribution >= 4 is 5.91 Å². The van der Waals surface area contributed by atoms with E-state index in [1.165, 1.54) is 12.3 Å². The van der Waals surface area contributed by atoms with Crippen molar-refractivity contribution in [1.82, 2.24) is 10.3 Å². The van der Waals surface area contributed by atoms with Crippen LogP contribution in [0.25, 0.3) is 0 Å². The van der Waals surface area contributed by atoms with E-state index in [1.54, 1.807) is 7.11 Å². The van der Waals surface area contributed by atoms with Gasteiger partial charge >= 0.3 is 0 Å². The number of carbonyl (C=O) groups excluding carboxylic acids is 1. The molecule has 5 nitrogen and oxygen atoms in total. The molecule has 0 fully saturated rings. The van der Waals surface area contributed by atoms with Gasteiger partial charge < -0.3 is 15.0 Å². The second-order valence-corrected chi connectivity index (χ2v) is 5.00. The monoisotopic (exact) mass is 283 g/mol. The first-order valence-corrected chi connectivity index (χ1v) is 6.54. The number of aromatic nitrogens is 1. The van der Waals surface area contributed by atoms with E-state index in [-0.39, 0.29) is 5.91 Å². The molecular formula is C16H17N3O2. The number of hydrogen-bond acceptors (Lipinski definition) is 3. The van der Waals surface area contributed by atoms with Gasteiger partial charge in [-0.1, -0.05) is 30.3 Å². The molecule has 2 N–H and O–H groups in total. The lowest BCUT2D eigenvalue weighted by Crippen LogP contribution is -2.46. The van der Waals surface area contributed by atoms with Crippen molar-refractivity contribution in [2.45, 2.75) is 12.5 Å². The third kappa shape index (κ3) is 3.30. The van der Waals surface area contributed by atoms with E-state index in [9.17, 15) is 4.79 Å². The lowest BCUT2D eigenvalue weighted by molar-refractivity contribution is 0.0782. The predicted octanol–water partition coefficient (Wildman–Crippen LogP) is 2.18. The highest BCUT2D eigenvalue weighted by Gasteiger charge is 2.29. The zero-order valence-corrected chi connectivity index (χ0v) is 12.0. The van der Waals surface area contributed by atoms with Gasteiger partial charge in [0, 0.05) is 13.3 Å². The van der Waals surface area contributed by atoms with Crippen molar-refractivity contribution in [1.29, 1.82) is 5.26 Å². The first-order chi connectivity index (χ1) is 10.1. The zero-order chi connectivity index (χ0) is 15.3. The van der Waals surface area contributed by atoms with Gasteiger partial charge in [-0.25, -0.2) is 0 Å². The summed E-state index contributed by atoms with van der Waals surface area (Å²) >= 11 is 0. The highest BCUT2D eigenvalue weighted by atomic mass is 16.5. The van der Waals surface area contributed by atoms with Gasteiger partial charge in [-0.2, -0.15) is 5.26 Å². The lowest BCUT2D eigenvalue weighted by atomic mass is 9.92. The summed E-state index contributed by atoms with van der Waals surface area (Å²) in [5.74, 6) is -0.278. The fourth-order valence-corrected chi connectivity index (χ4v) is 2.19. The molecule has 2 aromatic rings. The third-order valence-corrected chi connectivity index (χ3v) is 3.29. The average molecular weight is 283 g/mol. The Labute approximate surface area is 123 Å². The van der Waals surface area contributed by atoms with E-state index in [0.29, 0.717) is 17.9 Å². The van der Waals surface area contributed by atoms with Crippen molar-refractivity contribution in [3.05, 3.63) is 59.4 Å². The molecule has 1 heterocycles. The molecule has 108 valence electrons. The van der Waals surface area contributed by atoms with Crippen LogP contribution in [0.1, 0.15) is 28.5 Å². The number of nitriles is 1. The van der Waals surface area contributed by atoms with Gasteiger partial charge in [0.1, 0.15) is 11.8 Å². The number of H-pyrrole nitrogens is 1. The van der Waals surface area contributed by atoms with E-state index < -0.39 is 5.54 Å². The Morgan fingerprint density at radius 2 is 2.14 bits per heavy atom. The number of methoxy groups -OCH3 is 1. The Morgan fingerprint density at radius 3 is 2.71 bits per heavy atom. The van der Waals surface area contributed by atoms with Crippen LogP contribution >= 0.6 is 0 Å². The maximum atomic E-state index is 12.3. The first-order valence-electron chi connectivity index (χ1n) is 6.54. The minimum absolute atomic E-state index is 0.278. The molecule has 1 amide bonds. The molecule has 0 spiro atoms.